The van der Waals surface area contributed by atoms with Crippen molar-refractivity contribution in [2.75, 3.05) is 0 Å². The molecule has 0 spiro atoms. The van der Waals surface area contributed by atoms with Gasteiger partial charge in [-0.3, -0.25) is 4.79 Å². The molecule has 96 valence electrons. The fourth-order valence-electron chi connectivity index (χ4n) is 1.37. The van der Waals surface area contributed by atoms with Gasteiger partial charge in [0.2, 0.25) is 0 Å². The van der Waals surface area contributed by atoms with Gasteiger partial charge < -0.3 is 0 Å². The van der Waals surface area contributed by atoms with Crippen LogP contribution in [0.3, 0.4) is 0 Å². The Labute approximate surface area is 110 Å². The van der Waals surface area contributed by atoms with E-state index in [9.17, 15) is 4.79 Å². The highest BCUT2D eigenvalue weighted by Gasteiger charge is 1.99. The van der Waals surface area contributed by atoms with E-state index in [-0.39, 0.29) is 12.5 Å². The molecule has 0 aliphatic rings. The summed E-state index contributed by atoms with van der Waals surface area (Å²) in [6, 6.07) is 9.82. The average Bonchev–Trinajstić information content (AvgIpc) is 2.92. The number of carbonyl (C=O) groups excluding carboxylic acids is 1. The summed E-state index contributed by atoms with van der Waals surface area (Å²) in [5, 5.41) is 7.61. The topological polar surface area (TPSA) is 72.2 Å². The Bertz CT molecular complexity index is 560. The van der Waals surface area contributed by atoms with Crippen LogP contribution in [0.5, 0.6) is 0 Å². The number of hydrazone groups is 1. The molecule has 0 unspecified atom stereocenters. The second-order valence-electron chi connectivity index (χ2n) is 3.68. The Kier molecular flexibility index (Phi) is 4.58. The lowest BCUT2D eigenvalue weighted by Gasteiger charge is -1.97. The highest BCUT2D eigenvalue weighted by atomic mass is 16.2. The van der Waals surface area contributed by atoms with Crippen molar-refractivity contribution in [2.45, 2.75) is 6.54 Å². The third-order valence-electron chi connectivity index (χ3n) is 2.21. The van der Waals surface area contributed by atoms with Gasteiger partial charge in [-0.05, 0) is 11.6 Å². The molecule has 1 aromatic carbocycles. The van der Waals surface area contributed by atoms with Crippen molar-refractivity contribution in [3.63, 3.8) is 0 Å². The fraction of sp³-hybridized carbons (Fsp3) is 0.0769. The van der Waals surface area contributed by atoms with Crippen LogP contribution in [0.1, 0.15) is 5.56 Å². The maximum Gasteiger partial charge on any atom is 0.261 e. The van der Waals surface area contributed by atoms with Gasteiger partial charge in [0, 0.05) is 6.21 Å². The van der Waals surface area contributed by atoms with Crippen molar-refractivity contribution in [3.05, 3.63) is 54.6 Å². The van der Waals surface area contributed by atoms with Crippen molar-refractivity contribution in [1.82, 2.24) is 20.2 Å². The molecule has 0 atom stereocenters. The lowest BCUT2D eigenvalue weighted by molar-refractivity contribution is -0.121. The van der Waals surface area contributed by atoms with Crippen LogP contribution in [-0.4, -0.2) is 26.9 Å². The zero-order chi connectivity index (χ0) is 13.3. The van der Waals surface area contributed by atoms with E-state index in [2.05, 4.69) is 20.6 Å². The molecule has 1 heterocycles. The van der Waals surface area contributed by atoms with Crippen molar-refractivity contribution >= 4 is 18.2 Å². The number of nitrogens with zero attached hydrogens (tertiary/aromatic N) is 4. The Hall–Kier alpha value is -2.76. The first-order chi connectivity index (χ1) is 9.34. The van der Waals surface area contributed by atoms with Gasteiger partial charge in [-0.2, -0.15) is 10.2 Å². The zero-order valence-corrected chi connectivity index (χ0v) is 10.2. The smallest absolute Gasteiger partial charge is 0.261 e. The van der Waals surface area contributed by atoms with Crippen molar-refractivity contribution in [1.29, 1.82) is 0 Å². The summed E-state index contributed by atoms with van der Waals surface area (Å²) in [4.78, 5) is 15.1. The maximum absolute atomic E-state index is 11.4. The first-order valence-electron chi connectivity index (χ1n) is 5.70. The van der Waals surface area contributed by atoms with Crippen LogP contribution in [0.2, 0.25) is 0 Å². The summed E-state index contributed by atoms with van der Waals surface area (Å²) >= 11 is 0. The summed E-state index contributed by atoms with van der Waals surface area (Å²) in [6.45, 7) is 0.0970. The van der Waals surface area contributed by atoms with E-state index in [4.69, 9.17) is 0 Å². The first-order valence-corrected chi connectivity index (χ1v) is 5.70. The number of nitrogens with one attached hydrogen (secondary N) is 1. The third-order valence-corrected chi connectivity index (χ3v) is 2.21. The van der Waals surface area contributed by atoms with Crippen LogP contribution in [0, 0.1) is 0 Å². The molecular weight excluding hydrogens is 242 g/mol. The molecule has 1 aromatic heterocycles. The van der Waals surface area contributed by atoms with Crippen molar-refractivity contribution < 1.29 is 4.79 Å². The summed E-state index contributed by atoms with van der Waals surface area (Å²) in [6.07, 6.45) is 8.02. The lowest BCUT2D eigenvalue weighted by atomic mass is 10.2. The SMILES string of the molecule is O=C(Cn1cncn1)N/N=C\C=C\c1ccccc1. The molecule has 0 aliphatic carbocycles. The molecule has 0 aliphatic heterocycles. The second kappa shape index (κ2) is 6.85. The molecule has 19 heavy (non-hydrogen) atoms. The van der Waals surface area contributed by atoms with Gasteiger partial charge in [-0.15, -0.1) is 0 Å². The molecule has 6 heteroatoms. The molecule has 0 fully saturated rings. The van der Waals surface area contributed by atoms with E-state index in [1.165, 1.54) is 23.6 Å². The predicted molar refractivity (Wildman–Crippen MR) is 72.1 cm³/mol. The van der Waals surface area contributed by atoms with E-state index < -0.39 is 0 Å². The fourth-order valence-corrected chi connectivity index (χ4v) is 1.37. The normalized spacial score (nSPS) is 11.2. The van der Waals surface area contributed by atoms with Crippen LogP contribution in [0.4, 0.5) is 0 Å². The molecule has 1 N–H and O–H groups in total. The minimum atomic E-state index is -0.255. The Morgan fingerprint density at radius 3 is 2.95 bits per heavy atom. The largest absolute Gasteiger partial charge is 0.271 e. The zero-order valence-electron chi connectivity index (χ0n) is 10.2. The predicted octanol–water partition coefficient (Wildman–Crippen LogP) is 1.09. The van der Waals surface area contributed by atoms with Gasteiger partial charge in [0.15, 0.2) is 0 Å². The summed E-state index contributed by atoms with van der Waals surface area (Å²) in [7, 11) is 0. The molecule has 2 rings (SSSR count). The standard InChI is InChI=1S/C13H13N5O/c19-13(9-18-11-14-10-16-18)17-15-8-4-7-12-5-2-1-3-6-12/h1-8,10-11H,9H2,(H,17,19)/b7-4+,15-8-. The number of hydrogen-bond donors (Lipinski definition) is 1. The summed E-state index contributed by atoms with van der Waals surface area (Å²) in [5.74, 6) is -0.255. The summed E-state index contributed by atoms with van der Waals surface area (Å²) < 4.78 is 1.42. The monoisotopic (exact) mass is 255 g/mol. The average molecular weight is 255 g/mol. The molecule has 6 nitrogen and oxygen atoms in total. The highest BCUT2D eigenvalue weighted by molar-refractivity contribution is 5.81. The van der Waals surface area contributed by atoms with E-state index in [0.29, 0.717) is 0 Å². The minimum absolute atomic E-state index is 0.0970. The Morgan fingerprint density at radius 2 is 2.21 bits per heavy atom. The molecule has 0 saturated heterocycles. The van der Waals surface area contributed by atoms with E-state index in [1.807, 2.05) is 36.4 Å². The van der Waals surface area contributed by atoms with E-state index in [1.54, 1.807) is 6.08 Å². The summed E-state index contributed by atoms with van der Waals surface area (Å²) in [5.41, 5.74) is 3.47. The van der Waals surface area contributed by atoms with Gasteiger partial charge in [-0.1, -0.05) is 36.4 Å². The number of hydrogen-bond acceptors (Lipinski definition) is 4. The van der Waals surface area contributed by atoms with Crippen molar-refractivity contribution in [2.24, 2.45) is 5.10 Å². The number of amides is 1. The number of carbonyl (C=O) groups is 1. The first kappa shape index (κ1) is 12.7. The quantitative estimate of drug-likeness (QED) is 0.642. The third kappa shape index (κ3) is 4.55. The van der Waals surface area contributed by atoms with Crippen LogP contribution in [-0.2, 0) is 11.3 Å². The Morgan fingerprint density at radius 1 is 1.37 bits per heavy atom. The van der Waals surface area contributed by atoms with E-state index >= 15 is 0 Å². The van der Waals surface area contributed by atoms with Gasteiger partial charge >= 0.3 is 0 Å². The molecule has 0 saturated carbocycles. The van der Waals surface area contributed by atoms with Crippen LogP contribution in [0.15, 0.2) is 54.2 Å². The van der Waals surface area contributed by atoms with E-state index in [0.717, 1.165) is 5.56 Å². The number of benzene rings is 1. The molecule has 0 bridgehead atoms. The number of allylic oxidation sites excluding steroid dienone is 1. The molecular formula is C13H13N5O. The van der Waals surface area contributed by atoms with Gasteiger partial charge in [-0.25, -0.2) is 15.1 Å². The second-order valence-corrected chi connectivity index (χ2v) is 3.68. The molecule has 2 aromatic rings. The van der Waals surface area contributed by atoms with Gasteiger partial charge in [0.25, 0.3) is 5.91 Å². The van der Waals surface area contributed by atoms with Gasteiger partial charge in [0.1, 0.15) is 19.2 Å². The molecule has 0 radical (unpaired) electrons. The molecule has 1 amide bonds. The highest BCUT2D eigenvalue weighted by Crippen LogP contribution is 1.99. The van der Waals surface area contributed by atoms with Crippen LogP contribution < -0.4 is 5.43 Å². The van der Waals surface area contributed by atoms with Crippen LogP contribution in [0.25, 0.3) is 6.08 Å². The number of rotatable bonds is 5. The lowest BCUT2D eigenvalue weighted by Crippen LogP contribution is -2.23. The van der Waals surface area contributed by atoms with Gasteiger partial charge in [0.05, 0.1) is 0 Å². The minimum Gasteiger partial charge on any atom is -0.271 e. The Balaban J connectivity index is 1.74. The van der Waals surface area contributed by atoms with Crippen LogP contribution >= 0.6 is 0 Å². The van der Waals surface area contributed by atoms with Crippen molar-refractivity contribution in [3.8, 4) is 0 Å². The maximum atomic E-state index is 11.4. The number of aromatic nitrogens is 3.